The highest BCUT2D eigenvalue weighted by molar-refractivity contribution is 5.91. The molecular formula is C16H23N5O. The van der Waals surface area contributed by atoms with E-state index in [4.69, 9.17) is 0 Å². The monoisotopic (exact) mass is 301 g/mol. The molecule has 6 heteroatoms. The molecule has 0 spiro atoms. The summed E-state index contributed by atoms with van der Waals surface area (Å²) in [6.45, 7) is 4.48. The summed E-state index contributed by atoms with van der Waals surface area (Å²) in [6, 6.07) is 6.00. The normalized spacial score (nSPS) is 12.4. The van der Waals surface area contributed by atoms with Crippen LogP contribution in [0.4, 0.5) is 5.82 Å². The molecular weight excluding hydrogens is 278 g/mol. The predicted octanol–water partition coefficient (Wildman–Crippen LogP) is 1.63. The molecule has 118 valence electrons. The molecule has 1 atom stereocenters. The third-order valence-electron chi connectivity index (χ3n) is 3.73. The van der Waals surface area contributed by atoms with E-state index >= 15 is 0 Å². The van der Waals surface area contributed by atoms with Gasteiger partial charge in [0.25, 0.3) is 0 Å². The van der Waals surface area contributed by atoms with Crippen molar-refractivity contribution in [2.75, 3.05) is 18.9 Å². The van der Waals surface area contributed by atoms with Gasteiger partial charge in [0.2, 0.25) is 5.91 Å². The average Bonchev–Trinajstić information content (AvgIpc) is 2.86. The second kappa shape index (κ2) is 7.17. The SMILES string of the molecule is Cc1cccnc1C[C@H](C)N(C)CC(=O)Nc1ccn(C)n1. The molecule has 0 aliphatic heterocycles. The third kappa shape index (κ3) is 4.39. The van der Waals surface area contributed by atoms with E-state index in [1.807, 2.05) is 31.3 Å². The number of rotatable bonds is 6. The number of carbonyl (C=O) groups is 1. The number of nitrogens with one attached hydrogen (secondary N) is 1. The Morgan fingerprint density at radius 2 is 2.23 bits per heavy atom. The van der Waals surface area contributed by atoms with Gasteiger partial charge < -0.3 is 5.32 Å². The van der Waals surface area contributed by atoms with Crippen molar-refractivity contribution >= 4 is 11.7 Å². The maximum Gasteiger partial charge on any atom is 0.239 e. The van der Waals surface area contributed by atoms with E-state index in [0.29, 0.717) is 12.4 Å². The number of hydrogen-bond acceptors (Lipinski definition) is 4. The zero-order valence-corrected chi connectivity index (χ0v) is 13.6. The van der Waals surface area contributed by atoms with Crippen LogP contribution in [0.2, 0.25) is 0 Å². The zero-order chi connectivity index (χ0) is 16.1. The fourth-order valence-electron chi connectivity index (χ4n) is 2.21. The van der Waals surface area contributed by atoms with Gasteiger partial charge in [-0.3, -0.25) is 19.4 Å². The van der Waals surface area contributed by atoms with Crippen molar-refractivity contribution in [2.24, 2.45) is 7.05 Å². The number of likely N-dealkylation sites (N-methyl/N-ethyl adjacent to an activating group) is 1. The summed E-state index contributed by atoms with van der Waals surface area (Å²) >= 11 is 0. The van der Waals surface area contributed by atoms with Crippen molar-refractivity contribution < 1.29 is 4.79 Å². The lowest BCUT2D eigenvalue weighted by molar-refractivity contribution is -0.117. The van der Waals surface area contributed by atoms with Crippen LogP contribution in [0.15, 0.2) is 30.6 Å². The molecule has 2 aromatic rings. The summed E-state index contributed by atoms with van der Waals surface area (Å²) in [7, 11) is 3.76. The Labute approximate surface area is 131 Å². The van der Waals surface area contributed by atoms with E-state index in [-0.39, 0.29) is 11.9 Å². The number of pyridine rings is 1. The minimum Gasteiger partial charge on any atom is -0.308 e. The molecule has 0 saturated carbocycles. The Morgan fingerprint density at radius 1 is 1.45 bits per heavy atom. The average molecular weight is 301 g/mol. The highest BCUT2D eigenvalue weighted by atomic mass is 16.2. The highest BCUT2D eigenvalue weighted by Gasteiger charge is 2.15. The lowest BCUT2D eigenvalue weighted by Crippen LogP contribution is -2.37. The van der Waals surface area contributed by atoms with Gasteiger partial charge in [-0.1, -0.05) is 6.07 Å². The lowest BCUT2D eigenvalue weighted by Gasteiger charge is -2.24. The van der Waals surface area contributed by atoms with Crippen LogP contribution in [0.5, 0.6) is 0 Å². The summed E-state index contributed by atoms with van der Waals surface area (Å²) in [5.74, 6) is 0.514. The molecule has 0 bridgehead atoms. The number of nitrogens with zero attached hydrogens (tertiary/aromatic N) is 4. The summed E-state index contributed by atoms with van der Waals surface area (Å²) in [6.07, 6.45) is 4.43. The number of aromatic nitrogens is 3. The minimum absolute atomic E-state index is 0.0641. The molecule has 0 unspecified atom stereocenters. The zero-order valence-electron chi connectivity index (χ0n) is 13.6. The molecule has 2 heterocycles. The number of carbonyl (C=O) groups excluding carboxylic acids is 1. The predicted molar refractivity (Wildman–Crippen MR) is 86.6 cm³/mol. The summed E-state index contributed by atoms with van der Waals surface area (Å²) in [5.41, 5.74) is 2.26. The van der Waals surface area contributed by atoms with E-state index in [0.717, 1.165) is 12.1 Å². The third-order valence-corrected chi connectivity index (χ3v) is 3.73. The van der Waals surface area contributed by atoms with Gasteiger partial charge in [-0.15, -0.1) is 0 Å². The smallest absolute Gasteiger partial charge is 0.239 e. The molecule has 2 rings (SSSR count). The van der Waals surface area contributed by atoms with Crippen molar-refractivity contribution in [3.05, 3.63) is 41.9 Å². The molecule has 0 aliphatic carbocycles. The first-order chi connectivity index (χ1) is 10.5. The summed E-state index contributed by atoms with van der Waals surface area (Å²) in [4.78, 5) is 18.5. The van der Waals surface area contributed by atoms with E-state index in [1.54, 1.807) is 16.9 Å². The molecule has 2 aromatic heterocycles. The number of hydrogen-bond donors (Lipinski definition) is 1. The second-order valence-corrected chi connectivity index (χ2v) is 5.66. The van der Waals surface area contributed by atoms with Gasteiger partial charge in [0.1, 0.15) is 0 Å². The van der Waals surface area contributed by atoms with Crippen LogP contribution in [0.3, 0.4) is 0 Å². The minimum atomic E-state index is -0.0641. The van der Waals surface area contributed by atoms with Crippen molar-refractivity contribution in [2.45, 2.75) is 26.3 Å². The van der Waals surface area contributed by atoms with Crippen molar-refractivity contribution in [3.8, 4) is 0 Å². The topological polar surface area (TPSA) is 63.1 Å². The number of anilines is 1. The number of aryl methyl sites for hydroxylation is 2. The Hall–Kier alpha value is -2.21. The largest absolute Gasteiger partial charge is 0.308 e. The first kappa shape index (κ1) is 16.2. The van der Waals surface area contributed by atoms with E-state index in [1.165, 1.54) is 5.56 Å². The van der Waals surface area contributed by atoms with Crippen LogP contribution < -0.4 is 5.32 Å². The van der Waals surface area contributed by atoms with Crippen LogP contribution in [0.25, 0.3) is 0 Å². The van der Waals surface area contributed by atoms with E-state index in [2.05, 4.69) is 35.3 Å². The fourth-order valence-corrected chi connectivity index (χ4v) is 2.21. The van der Waals surface area contributed by atoms with Gasteiger partial charge in [0.05, 0.1) is 6.54 Å². The molecule has 0 radical (unpaired) electrons. The van der Waals surface area contributed by atoms with Gasteiger partial charge in [0, 0.05) is 43.7 Å². The highest BCUT2D eigenvalue weighted by Crippen LogP contribution is 2.10. The van der Waals surface area contributed by atoms with Crippen LogP contribution in [-0.4, -0.2) is 45.2 Å². The van der Waals surface area contributed by atoms with Crippen LogP contribution >= 0.6 is 0 Å². The van der Waals surface area contributed by atoms with Gasteiger partial charge in [-0.25, -0.2) is 0 Å². The molecule has 1 N–H and O–H groups in total. The van der Waals surface area contributed by atoms with Gasteiger partial charge in [0.15, 0.2) is 5.82 Å². The van der Waals surface area contributed by atoms with Crippen molar-refractivity contribution in [1.82, 2.24) is 19.7 Å². The van der Waals surface area contributed by atoms with E-state index < -0.39 is 0 Å². The molecule has 22 heavy (non-hydrogen) atoms. The Kier molecular flexibility index (Phi) is 5.27. The number of amides is 1. The molecule has 0 saturated heterocycles. The summed E-state index contributed by atoms with van der Waals surface area (Å²) in [5, 5.41) is 6.93. The Balaban J connectivity index is 1.86. The Bertz CT molecular complexity index is 637. The van der Waals surface area contributed by atoms with Crippen molar-refractivity contribution in [3.63, 3.8) is 0 Å². The van der Waals surface area contributed by atoms with Crippen LogP contribution in [0.1, 0.15) is 18.2 Å². The first-order valence-electron chi connectivity index (χ1n) is 7.36. The molecule has 1 amide bonds. The van der Waals surface area contributed by atoms with Crippen molar-refractivity contribution in [1.29, 1.82) is 0 Å². The molecule has 6 nitrogen and oxygen atoms in total. The fraction of sp³-hybridized carbons (Fsp3) is 0.438. The second-order valence-electron chi connectivity index (χ2n) is 5.66. The lowest BCUT2D eigenvalue weighted by atomic mass is 10.1. The summed E-state index contributed by atoms with van der Waals surface area (Å²) < 4.78 is 1.66. The quantitative estimate of drug-likeness (QED) is 0.881. The van der Waals surface area contributed by atoms with Gasteiger partial charge in [-0.05, 0) is 32.5 Å². The maximum absolute atomic E-state index is 12.0. The molecule has 0 fully saturated rings. The van der Waals surface area contributed by atoms with Crippen LogP contribution in [-0.2, 0) is 18.3 Å². The maximum atomic E-state index is 12.0. The molecule has 0 aromatic carbocycles. The first-order valence-corrected chi connectivity index (χ1v) is 7.36. The van der Waals surface area contributed by atoms with E-state index in [9.17, 15) is 4.79 Å². The standard InChI is InChI=1S/C16H23N5O/c1-12-6-5-8-17-14(12)10-13(2)20(3)11-16(22)18-15-7-9-21(4)19-15/h5-9,13H,10-11H2,1-4H3,(H,18,19,22)/t13-/m0/s1. The van der Waals surface area contributed by atoms with Gasteiger partial charge in [-0.2, -0.15) is 5.10 Å². The Morgan fingerprint density at radius 3 is 2.86 bits per heavy atom. The van der Waals surface area contributed by atoms with Crippen LogP contribution in [0, 0.1) is 6.92 Å². The molecule has 0 aliphatic rings. The van der Waals surface area contributed by atoms with Gasteiger partial charge >= 0.3 is 0 Å².